The molecule has 2 nitrogen and oxygen atoms in total. The van der Waals surface area contributed by atoms with Crippen LogP contribution in [0.25, 0.3) is 120 Å². The molecule has 10 aromatic carbocycles. The summed E-state index contributed by atoms with van der Waals surface area (Å²) in [6, 6.07) is 61.3. The molecular weight excluding hydrogens is 633 g/mol. The lowest BCUT2D eigenvalue weighted by Gasteiger charge is -2.15. The number of fused-ring (bicyclic) bond motifs is 7. The largest absolute Gasteiger partial charge is 0.456 e. The lowest BCUT2D eigenvalue weighted by molar-refractivity contribution is 0.669. The molecule has 0 aliphatic rings. The van der Waals surface area contributed by atoms with Gasteiger partial charge in [-0.25, -0.2) is 0 Å². The van der Waals surface area contributed by atoms with E-state index in [0.717, 1.165) is 66.0 Å². The van der Waals surface area contributed by atoms with Crippen molar-refractivity contribution < 1.29 is 8.83 Å². The van der Waals surface area contributed by atoms with Gasteiger partial charge in [-0.1, -0.05) is 133 Å². The normalized spacial score (nSPS) is 12.2. The predicted octanol–water partition coefficient (Wildman–Crippen LogP) is 14.5. The van der Waals surface area contributed by atoms with Crippen LogP contribution in [-0.4, -0.2) is 0 Å². The summed E-state index contributed by atoms with van der Waals surface area (Å²) in [6.45, 7) is 0. The summed E-state index contributed by atoms with van der Waals surface area (Å²) in [5.41, 5.74) is 10.3. The molecule has 0 spiro atoms. The average Bonchev–Trinajstić information content (AvgIpc) is 3.77. The highest BCUT2D eigenvalue weighted by Crippen LogP contribution is 2.48. The third-order valence-electron chi connectivity index (χ3n) is 11.2. The molecule has 0 aliphatic heterocycles. The van der Waals surface area contributed by atoms with Crippen LogP contribution in [0.3, 0.4) is 0 Å². The molecule has 240 valence electrons. The predicted molar refractivity (Wildman–Crippen MR) is 219 cm³/mol. The lowest BCUT2D eigenvalue weighted by Crippen LogP contribution is -1.89. The van der Waals surface area contributed by atoms with E-state index in [-0.39, 0.29) is 0 Å². The molecule has 0 radical (unpaired) electrons. The van der Waals surface area contributed by atoms with Gasteiger partial charge in [0.2, 0.25) is 0 Å². The van der Waals surface area contributed by atoms with Crippen molar-refractivity contribution in [3.05, 3.63) is 170 Å². The molecule has 2 heterocycles. The van der Waals surface area contributed by atoms with Gasteiger partial charge < -0.3 is 8.83 Å². The second-order valence-electron chi connectivity index (χ2n) is 14.0. The van der Waals surface area contributed by atoms with Crippen molar-refractivity contribution in [1.29, 1.82) is 0 Å². The minimum Gasteiger partial charge on any atom is -0.456 e. The van der Waals surface area contributed by atoms with E-state index in [9.17, 15) is 0 Å². The monoisotopic (exact) mass is 660 g/mol. The molecule has 12 rings (SSSR count). The van der Waals surface area contributed by atoms with Gasteiger partial charge >= 0.3 is 0 Å². The highest BCUT2D eigenvalue weighted by molar-refractivity contribution is 6.28. The minimum atomic E-state index is 0.864. The van der Waals surface area contributed by atoms with Crippen molar-refractivity contribution in [1.82, 2.24) is 0 Å². The highest BCUT2D eigenvalue weighted by Gasteiger charge is 2.22. The fourth-order valence-corrected chi connectivity index (χ4v) is 8.83. The molecule has 2 aromatic heterocycles. The number of furan rings is 2. The van der Waals surface area contributed by atoms with Crippen molar-refractivity contribution in [3.8, 4) is 33.4 Å². The molecule has 0 amide bonds. The molecule has 0 bridgehead atoms. The van der Waals surface area contributed by atoms with E-state index >= 15 is 0 Å². The number of hydrogen-bond donors (Lipinski definition) is 0. The van der Waals surface area contributed by atoms with E-state index in [1.54, 1.807) is 0 Å². The first kappa shape index (κ1) is 27.9. The zero-order chi connectivity index (χ0) is 33.9. The number of rotatable bonds is 3. The minimum absolute atomic E-state index is 0.864. The fraction of sp³-hybridized carbons (Fsp3) is 0. The molecule has 0 saturated carbocycles. The second kappa shape index (κ2) is 10.3. The first-order valence-electron chi connectivity index (χ1n) is 17.8. The Hall–Kier alpha value is -6.90. The molecule has 0 saturated heterocycles. The van der Waals surface area contributed by atoms with Crippen LogP contribution >= 0.6 is 0 Å². The highest BCUT2D eigenvalue weighted by atomic mass is 16.3. The Morgan fingerprint density at radius 3 is 1.77 bits per heavy atom. The van der Waals surface area contributed by atoms with Crippen LogP contribution in [-0.2, 0) is 0 Å². The van der Waals surface area contributed by atoms with Crippen molar-refractivity contribution in [2.75, 3.05) is 0 Å². The third-order valence-corrected chi connectivity index (χ3v) is 11.2. The standard InChI is InChI=1S/C50H28O2/c1-2-8-29(9-3-1)35-20-23-41-44(28-35)51-43-15-7-14-37(48(41)43)40-25-24-39(49-42-26-33-10-4-5-11-34(33)27-45(42)52-50(40)49)36-21-18-32-17-16-30-12-6-13-31-19-22-38(36)47(32)46(30)31/h1-28H. The molecule has 0 N–H and O–H groups in total. The Morgan fingerprint density at radius 2 is 0.904 bits per heavy atom. The summed E-state index contributed by atoms with van der Waals surface area (Å²) in [7, 11) is 0. The molecule has 12 aromatic rings. The van der Waals surface area contributed by atoms with E-state index in [1.807, 2.05) is 6.07 Å². The number of hydrogen-bond acceptors (Lipinski definition) is 2. The molecule has 0 fully saturated rings. The topological polar surface area (TPSA) is 26.3 Å². The maximum absolute atomic E-state index is 7.02. The lowest BCUT2D eigenvalue weighted by atomic mass is 9.87. The zero-order valence-electron chi connectivity index (χ0n) is 28.0. The second-order valence-corrected chi connectivity index (χ2v) is 14.0. The Kier molecular flexibility index (Phi) is 5.53. The summed E-state index contributed by atoms with van der Waals surface area (Å²) >= 11 is 0. The van der Waals surface area contributed by atoms with Gasteiger partial charge in [0.25, 0.3) is 0 Å². The molecule has 0 atom stereocenters. The zero-order valence-corrected chi connectivity index (χ0v) is 28.0. The van der Waals surface area contributed by atoms with Crippen molar-refractivity contribution in [2.24, 2.45) is 0 Å². The maximum atomic E-state index is 7.02. The van der Waals surface area contributed by atoms with Crippen LogP contribution in [0.15, 0.2) is 179 Å². The van der Waals surface area contributed by atoms with Gasteiger partial charge in [-0.3, -0.25) is 0 Å². The first-order valence-corrected chi connectivity index (χ1v) is 17.8. The van der Waals surface area contributed by atoms with Crippen LogP contribution in [0.4, 0.5) is 0 Å². The van der Waals surface area contributed by atoms with Crippen LogP contribution in [0.2, 0.25) is 0 Å². The molecule has 0 aliphatic carbocycles. The fourth-order valence-electron chi connectivity index (χ4n) is 8.83. The van der Waals surface area contributed by atoms with Crippen LogP contribution in [0, 0.1) is 0 Å². The van der Waals surface area contributed by atoms with E-state index in [1.165, 1.54) is 54.4 Å². The van der Waals surface area contributed by atoms with Gasteiger partial charge in [0.15, 0.2) is 0 Å². The van der Waals surface area contributed by atoms with Crippen LogP contribution < -0.4 is 0 Å². The Morgan fingerprint density at radius 1 is 0.269 bits per heavy atom. The quantitative estimate of drug-likeness (QED) is 0.176. The Bertz CT molecular complexity index is 3380. The van der Waals surface area contributed by atoms with Crippen LogP contribution in [0.1, 0.15) is 0 Å². The SMILES string of the molecule is c1ccc(-c2ccc3c(c2)oc2cccc(-c4ccc(-c5ccc6ccc7cccc8ccc5c6c78)c5c4oc4cc6ccccc6cc45)c23)cc1. The third kappa shape index (κ3) is 3.84. The van der Waals surface area contributed by atoms with E-state index in [0.29, 0.717) is 0 Å². The average molecular weight is 661 g/mol. The molecule has 0 unspecified atom stereocenters. The molecule has 52 heavy (non-hydrogen) atoms. The van der Waals surface area contributed by atoms with Gasteiger partial charge in [-0.15, -0.1) is 0 Å². The molecular formula is C50H28O2. The smallest absolute Gasteiger partial charge is 0.143 e. The van der Waals surface area contributed by atoms with E-state index in [2.05, 4.69) is 164 Å². The van der Waals surface area contributed by atoms with E-state index in [4.69, 9.17) is 8.83 Å². The van der Waals surface area contributed by atoms with Crippen molar-refractivity contribution in [2.45, 2.75) is 0 Å². The summed E-state index contributed by atoms with van der Waals surface area (Å²) in [5.74, 6) is 0. The number of benzene rings is 10. The summed E-state index contributed by atoms with van der Waals surface area (Å²) < 4.78 is 13.6. The maximum Gasteiger partial charge on any atom is 0.143 e. The summed E-state index contributed by atoms with van der Waals surface area (Å²) in [5, 5.41) is 14.5. The molecule has 2 heteroatoms. The van der Waals surface area contributed by atoms with E-state index < -0.39 is 0 Å². The van der Waals surface area contributed by atoms with Crippen LogP contribution in [0.5, 0.6) is 0 Å². The summed E-state index contributed by atoms with van der Waals surface area (Å²) in [6.07, 6.45) is 0. The van der Waals surface area contributed by atoms with Gasteiger partial charge in [-0.2, -0.15) is 0 Å². The Balaban J connectivity index is 1.17. The summed E-state index contributed by atoms with van der Waals surface area (Å²) in [4.78, 5) is 0. The van der Waals surface area contributed by atoms with Gasteiger partial charge in [-0.05, 0) is 107 Å². The van der Waals surface area contributed by atoms with Crippen molar-refractivity contribution in [3.63, 3.8) is 0 Å². The Labute approximate surface area is 298 Å². The van der Waals surface area contributed by atoms with Gasteiger partial charge in [0.1, 0.15) is 22.3 Å². The van der Waals surface area contributed by atoms with Gasteiger partial charge in [0.05, 0.1) is 0 Å². The van der Waals surface area contributed by atoms with Crippen molar-refractivity contribution >= 4 is 87.0 Å². The van der Waals surface area contributed by atoms with Gasteiger partial charge in [0, 0.05) is 27.1 Å². The first-order chi connectivity index (χ1) is 25.8.